The van der Waals surface area contributed by atoms with Crippen molar-refractivity contribution in [1.82, 2.24) is 9.55 Å². The van der Waals surface area contributed by atoms with E-state index < -0.39 is 11.9 Å². The molecule has 0 radical (unpaired) electrons. The van der Waals surface area contributed by atoms with Crippen LogP contribution in [0.3, 0.4) is 0 Å². The lowest BCUT2D eigenvalue weighted by Crippen LogP contribution is -2.16. The first-order valence-corrected chi connectivity index (χ1v) is 6.60. The molecule has 0 unspecified atom stereocenters. The van der Waals surface area contributed by atoms with Crippen LogP contribution in [0.25, 0.3) is 0 Å². The van der Waals surface area contributed by atoms with Gasteiger partial charge in [-0.1, -0.05) is 6.92 Å². The fourth-order valence-corrected chi connectivity index (χ4v) is 1.58. The normalized spacial score (nSPS) is 10.2. The van der Waals surface area contributed by atoms with Gasteiger partial charge >= 0.3 is 11.9 Å². The van der Waals surface area contributed by atoms with Crippen molar-refractivity contribution >= 4 is 11.9 Å². The zero-order chi connectivity index (χ0) is 15.1. The predicted octanol–water partition coefficient (Wildman–Crippen LogP) is 1.56. The Kier molecular flexibility index (Phi) is 6.02. The molecule has 0 saturated heterocycles. The highest BCUT2D eigenvalue weighted by Gasteiger charge is 2.28. The molecule has 1 rings (SSSR count). The minimum atomic E-state index is -0.669. The maximum Gasteiger partial charge on any atom is 0.359 e. The zero-order valence-electron chi connectivity index (χ0n) is 12.3. The number of hydrogen-bond acceptors (Lipinski definition) is 6. The van der Waals surface area contributed by atoms with Crippen LogP contribution in [-0.2, 0) is 16.5 Å². The summed E-state index contributed by atoms with van der Waals surface area (Å²) in [5.74, 6) is -1.30. The average Bonchev–Trinajstić information content (AvgIpc) is 2.74. The van der Waals surface area contributed by atoms with Crippen LogP contribution < -0.4 is 4.74 Å². The van der Waals surface area contributed by atoms with E-state index in [1.165, 1.54) is 4.57 Å². The number of rotatable bonds is 7. The summed E-state index contributed by atoms with van der Waals surface area (Å²) in [6, 6.07) is 0.193. The van der Waals surface area contributed by atoms with Gasteiger partial charge in [-0.2, -0.15) is 4.98 Å². The number of carbonyl (C=O) groups is 2. The molecule has 7 heteroatoms. The van der Waals surface area contributed by atoms with Gasteiger partial charge in [0.2, 0.25) is 0 Å². The Labute approximate surface area is 117 Å². The van der Waals surface area contributed by atoms with E-state index in [0.29, 0.717) is 6.61 Å². The summed E-state index contributed by atoms with van der Waals surface area (Å²) < 4.78 is 16.6. The summed E-state index contributed by atoms with van der Waals surface area (Å²) in [6.07, 6.45) is 0.788. The van der Waals surface area contributed by atoms with Crippen LogP contribution in [0.15, 0.2) is 0 Å². The standard InChI is InChI=1S/C13H20N2O5/c1-5-8-20-13-14-9(11(16)18-6-2)10(15(13)4)12(17)19-7-3/h5-8H2,1-4H3. The number of aromatic nitrogens is 2. The number of imidazole rings is 1. The summed E-state index contributed by atoms with van der Waals surface area (Å²) in [4.78, 5) is 27.8. The molecule has 20 heavy (non-hydrogen) atoms. The monoisotopic (exact) mass is 284 g/mol. The van der Waals surface area contributed by atoms with Crippen LogP contribution in [-0.4, -0.2) is 41.3 Å². The minimum Gasteiger partial charge on any atom is -0.465 e. The van der Waals surface area contributed by atoms with Gasteiger partial charge < -0.3 is 14.2 Å². The van der Waals surface area contributed by atoms with E-state index in [2.05, 4.69) is 4.98 Å². The highest BCUT2D eigenvalue weighted by Crippen LogP contribution is 2.19. The first kappa shape index (κ1) is 16.0. The molecule has 1 heterocycles. The van der Waals surface area contributed by atoms with Gasteiger partial charge in [-0.25, -0.2) is 9.59 Å². The third kappa shape index (κ3) is 3.49. The molecular formula is C13H20N2O5. The first-order valence-electron chi connectivity index (χ1n) is 6.60. The molecule has 7 nitrogen and oxygen atoms in total. The van der Waals surface area contributed by atoms with Gasteiger partial charge in [-0.3, -0.25) is 4.57 Å². The van der Waals surface area contributed by atoms with Gasteiger partial charge in [0.15, 0.2) is 11.4 Å². The summed E-state index contributed by atoms with van der Waals surface area (Å²) in [6.45, 7) is 6.16. The van der Waals surface area contributed by atoms with Crippen molar-refractivity contribution in [2.45, 2.75) is 27.2 Å². The highest BCUT2D eigenvalue weighted by atomic mass is 16.5. The molecule has 0 saturated carbocycles. The smallest absolute Gasteiger partial charge is 0.359 e. The van der Waals surface area contributed by atoms with E-state index >= 15 is 0 Å². The number of nitrogens with zero attached hydrogens (tertiary/aromatic N) is 2. The van der Waals surface area contributed by atoms with Crippen molar-refractivity contribution < 1.29 is 23.8 Å². The quantitative estimate of drug-likeness (QED) is 0.707. The van der Waals surface area contributed by atoms with E-state index in [-0.39, 0.29) is 30.6 Å². The van der Waals surface area contributed by atoms with E-state index in [0.717, 1.165) is 6.42 Å². The lowest BCUT2D eigenvalue weighted by molar-refractivity contribution is 0.0468. The van der Waals surface area contributed by atoms with Gasteiger partial charge in [0.1, 0.15) is 0 Å². The van der Waals surface area contributed by atoms with E-state index in [1.54, 1.807) is 20.9 Å². The van der Waals surface area contributed by atoms with Crippen LogP contribution in [0.2, 0.25) is 0 Å². The topological polar surface area (TPSA) is 79.7 Å². The summed E-state index contributed by atoms with van der Waals surface area (Å²) in [5.41, 5.74) is -0.0460. The van der Waals surface area contributed by atoms with Crippen molar-refractivity contribution in [1.29, 1.82) is 0 Å². The summed E-state index contributed by atoms with van der Waals surface area (Å²) >= 11 is 0. The molecule has 0 fully saturated rings. The maximum atomic E-state index is 11.9. The molecule has 0 amide bonds. The van der Waals surface area contributed by atoms with Crippen molar-refractivity contribution in [3.63, 3.8) is 0 Å². The van der Waals surface area contributed by atoms with Crippen LogP contribution >= 0.6 is 0 Å². The van der Waals surface area contributed by atoms with Crippen molar-refractivity contribution in [2.75, 3.05) is 19.8 Å². The molecule has 0 aromatic carbocycles. The second-order valence-electron chi connectivity index (χ2n) is 3.94. The molecule has 0 atom stereocenters. The third-order valence-corrected chi connectivity index (χ3v) is 2.43. The van der Waals surface area contributed by atoms with Gasteiger partial charge in [0.05, 0.1) is 19.8 Å². The fraction of sp³-hybridized carbons (Fsp3) is 0.615. The maximum absolute atomic E-state index is 11.9. The molecule has 112 valence electrons. The Morgan fingerprint density at radius 3 is 2.25 bits per heavy atom. The van der Waals surface area contributed by atoms with Crippen LogP contribution in [0, 0.1) is 0 Å². The van der Waals surface area contributed by atoms with E-state index in [1.807, 2.05) is 6.92 Å². The fourth-order valence-electron chi connectivity index (χ4n) is 1.58. The summed E-state index contributed by atoms with van der Waals surface area (Å²) in [7, 11) is 1.59. The van der Waals surface area contributed by atoms with Gasteiger partial charge in [0, 0.05) is 7.05 Å². The van der Waals surface area contributed by atoms with Crippen molar-refractivity contribution in [3.05, 3.63) is 11.4 Å². The largest absolute Gasteiger partial charge is 0.465 e. The molecule has 0 N–H and O–H groups in total. The van der Waals surface area contributed by atoms with Crippen LogP contribution in [0.4, 0.5) is 0 Å². The molecule has 1 aromatic heterocycles. The van der Waals surface area contributed by atoms with Crippen LogP contribution in [0.1, 0.15) is 48.2 Å². The SMILES string of the molecule is CCCOc1nc(C(=O)OCC)c(C(=O)OCC)n1C. The second kappa shape index (κ2) is 7.52. The third-order valence-electron chi connectivity index (χ3n) is 2.43. The van der Waals surface area contributed by atoms with Gasteiger partial charge in [0.25, 0.3) is 6.01 Å². The predicted molar refractivity (Wildman–Crippen MR) is 70.9 cm³/mol. The Bertz CT molecular complexity index is 481. The number of carbonyl (C=O) groups excluding carboxylic acids is 2. The lowest BCUT2D eigenvalue weighted by atomic mass is 10.3. The Morgan fingerprint density at radius 2 is 1.70 bits per heavy atom. The number of hydrogen-bond donors (Lipinski definition) is 0. The number of esters is 2. The van der Waals surface area contributed by atoms with Crippen molar-refractivity contribution in [2.24, 2.45) is 7.05 Å². The molecule has 0 aliphatic carbocycles. The number of ether oxygens (including phenoxy) is 3. The average molecular weight is 284 g/mol. The molecule has 1 aromatic rings. The molecule has 0 bridgehead atoms. The minimum absolute atomic E-state index is 0.0383. The summed E-state index contributed by atoms with van der Waals surface area (Å²) in [5, 5.41) is 0. The second-order valence-corrected chi connectivity index (χ2v) is 3.94. The molecule has 0 aliphatic rings. The molecular weight excluding hydrogens is 264 g/mol. The first-order chi connectivity index (χ1) is 9.56. The van der Waals surface area contributed by atoms with E-state index in [4.69, 9.17) is 14.2 Å². The molecule has 0 aliphatic heterocycles. The van der Waals surface area contributed by atoms with Crippen LogP contribution in [0.5, 0.6) is 6.01 Å². The lowest BCUT2D eigenvalue weighted by Gasteiger charge is -2.06. The Morgan fingerprint density at radius 1 is 1.10 bits per heavy atom. The van der Waals surface area contributed by atoms with Crippen molar-refractivity contribution in [3.8, 4) is 6.01 Å². The van der Waals surface area contributed by atoms with Gasteiger partial charge in [-0.05, 0) is 20.3 Å². The Hall–Kier alpha value is -2.05. The Balaban J connectivity index is 3.18. The highest BCUT2D eigenvalue weighted by molar-refractivity contribution is 6.01. The van der Waals surface area contributed by atoms with E-state index in [9.17, 15) is 9.59 Å². The zero-order valence-corrected chi connectivity index (χ0v) is 12.3. The van der Waals surface area contributed by atoms with Gasteiger partial charge in [-0.15, -0.1) is 0 Å². The molecule has 0 spiro atoms.